The van der Waals surface area contributed by atoms with Crippen molar-refractivity contribution in [3.8, 4) is 5.75 Å². The van der Waals surface area contributed by atoms with E-state index in [-0.39, 0.29) is 4.90 Å². The molecule has 0 radical (unpaired) electrons. The van der Waals surface area contributed by atoms with Crippen LogP contribution < -0.4 is 15.2 Å². The molecule has 5 nitrogen and oxygen atoms in total. The number of sulfonamides is 1. The summed E-state index contributed by atoms with van der Waals surface area (Å²) in [7, 11) is -2.22. The molecule has 2 rings (SSSR count). The molecule has 3 N–H and O–H groups in total. The SMILES string of the molecule is COc1ccc(C)cc1NS(=O)(=O)c1ccc(C)c(N)c1. The zero-order valence-electron chi connectivity index (χ0n) is 12.2. The lowest BCUT2D eigenvalue weighted by molar-refractivity contribution is 0.417. The molecule has 0 aliphatic rings. The monoisotopic (exact) mass is 306 g/mol. The van der Waals surface area contributed by atoms with Crippen LogP contribution in [0.4, 0.5) is 11.4 Å². The van der Waals surface area contributed by atoms with Gasteiger partial charge in [0.2, 0.25) is 0 Å². The molecule has 112 valence electrons. The highest BCUT2D eigenvalue weighted by Gasteiger charge is 2.17. The maximum Gasteiger partial charge on any atom is 0.262 e. The predicted octanol–water partition coefficient (Wildman–Crippen LogP) is 2.70. The molecule has 0 atom stereocenters. The lowest BCUT2D eigenvalue weighted by Gasteiger charge is -2.13. The molecule has 0 bridgehead atoms. The average molecular weight is 306 g/mol. The summed E-state index contributed by atoms with van der Waals surface area (Å²) in [5, 5.41) is 0. The average Bonchev–Trinajstić information content (AvgIpc) is 2.41. The summed E-state index contributed by atoms with van der Waals surface area (Å²) in [6, 6.07) is 9.93. The highest BCUT2D eigenvalue weighted by molar-refractivity contribution is 7.92. The number of nitrogens with one attached hydrogen (secondary N) is 1. The Labute approximate surface area is 124 Å². The van der Waals surface area contributed by atoms with Crippen LogP contribution in [-0.2, 0) is 10.0 Å². The number of nitrogens with two attached hydrogens (primary N) is 1. The zero-order valence-corrected chi connectivity index (χ0v) is 13.0. The second-order valence-electron chi connectivity index (χ2n) is 4.83. The van der Waals surface area contributed by atoms with Gasteiger partial charge in [0.05, 0.1) is 17.7 Å². The molecule has 0 saturated carbocycles. The van der Waals surface area contributed by atoms with Crippen LogP contribution in [-0.4, -0.2) is 15.5 Å². The molecule has 21 heavy (non-hydrogen) atoms. The van der Waals surface area contributed by atoms with Crippen LogP contribution in [0, 0.1) is 13.8 Å². The van der Waals surface area contributed by atoms with E-state index in [2.05, 4.69) is 4.72 Å². The van der Waals surface area contributed by atoms with Gasteiger partial charge in [0.1, 0.15) is 5.75 Å². The molecule has 0 fully saturated rings. The minimum absolute atomic E-state index is 0.120. The van der Waals surface area contributed by atoms with Crippen molar-refractivity contribution in [2.75, 3.05) is 17.6 Å². The summed E-state index contributed by atoms with van der Waals surface area (Å²) in [6.07, 6.45) is 0. The van der Waals surface area contributed by atoms with Gasteiger partial charge in [-0.3, -0.25) is 4.72 Å². The van der Waals surface area contributed by atoms with Crippen molar-refractivity contribution in [1.82, 2.24) is 0 Å². The van der Waals surface area contributed by atoms with Crippen LogP contribution in [0.1, 0.15) is 11.1 Å². The fourth-order valence-corrected chi connectivity index (χ4v) is 2.99. The largest absolute Gasteiger partial charge is 0.495 e. The Morgan fingerprint density at radius 2 is 1.81 bits per heavy atom. The number of anilines is 2. The fourth-order valence-electron chi connectivity index (χ4n) is 1.89. The Kier molecular flexibility index (Phi) is 4.09. The summed E-state index contributed by atoms with van der Waals surface area (Å²) in [6.45, 7) is 3.70. The molecular formula is C15H18N2O3S. The van der Waals surface area contributed by atoms with Gasteiger partial charge in [0, 0.05) is 5.69 Å². The summed E-state index contributed by atoms with van der Waals surface area (Å²) >= 11 is 0. The Morgan fingerprint density at radius 1 is 1.10 bits per heavy atom. The maximum absolute atomic E-state index is 12.4. The van der Waals surface area contributed by atoms with Gasteiger partial charge in [-0.25, -0.2) is 8.42 Å². The van der Waals surface area contributed by atoms with E-state index in [1.54, 1.807) is 18.2 Å². The lowest BCUT2D eigenvalue weighted by atomic mass is 10.2. The van der Waals surface area contributed by atoms with Crippen molar-refractivity contribution < 1.29 is 13.2 Å². The van der Waals surface area contributed by atoms with E-state index in [1.165, 1.54) is 19.2 Å². The van der Waals surface area contributed by atoms with Crippen molar-refractivity contribution in [1.29, 1.82) is 0 Å². The first-order valence-corrected chi connectivity index (χ1v) is 7.85. The number of benzene rings is 2. The van der Waals surface area contributed by atoms with Crippen molar-refractivity contribution in [2.45, 2.75) is 18.7 Å². The third kappa shape index (κ3) is 3.28. The Hall–Kier alpha value is -2.21. The minimum Gasteiger partial charge on any atom is -0.495 e. The van der Waals surface area contributed by atoms with Gasteiger partial charge in [-0.05, 0) is 49.2 Å². The Bertz CT molecular complexity index is 770. The van der Waals surface area contributed by atoms with Gasteiger partial charge in [0.25, 0.3) is 10.0 Å². The molecule has 0 unspecified atom stereocenters. The number of hydrogen-bond acceptors (Lipinski definition) is 4. The van der Waals surface area contributed by atoms with E-state index in [4.69, 9.17) is 10.5 Å². The van der Waals surface area contributed by atoms with Crippen molar-refractivity contribution in [3.05, 3.63) is 47.5 Å². The topological polar surface area (TPSA) is 81.4 Å². The number of hydrogen-bond donors (Lipinski definition) is 2. The van der Waals surface area contributed by atoms with Crippen LogP contribution >= 0.6 is 0 Å². The second-order valence-corrected chi connectivity index (χ2v) is 6.51. The number of ether oxygens (including phenoxy) is 1. The highest BCUT2D eigenvalue weighted by atomic mass is 32.2. The smallest absolute Gasteiger partial charge is 0.262 e. The van der Waals surface area contributed by atoms with E-state index in [9.17, 15) is 8.42 Å². The van der Waals surface area contributed by atoms with Gasteiger partial charge < -0.3 is 10.5 Å². The molecule has 0 saturated heterocycles. The third-order valence-corrected chi connectivity index (χ3v) is 4.52. The first kappa shape index (κ1) is 15.2. The molecule has 0 aliphatic carbocycles. The molecule has 0 heterocycles. The maximum atomic E-state index is 12.4. The molecule has 0 spiro atoms. The third-order valence-electron chi connectivity index (χ3n) is 3.16. The number of rotatable bonds is 4. The summed E-state index contributed by atoms with van der Waals surface area (Å²) in [5.41, 5.74) is 8.38. The van der Waals surface area contributed by atoms with E-state index in [0.29, 0.717) is 17.1 Å². The highest BCUT2D eigenvalue weighted by Crippen LogP contribution is 2.28. The summed E-state index contributed by atoms with van der Waals surface area (Å²) < 4.78 is 32.6. The fraction of sp³-hybridized carbons (Fsp3) is 0.200. The quantitative estimate of drug-likeness (QED) is 0.851. The van der Waals surface area contributed by atoms with Gasteiger partial charge >= 0.3 is 0 Å². The molecule has 0 amide bonds. The number of nitrogen functional groups attached to an aromatic ring is 1. The minimum atomic E-state index is -3.71. The summed E-state index contributed by atoms with van der Waals surface area (Å²) in [5.74, 6) is 0.462. The Morgan fingerprint density at radius 3 is 2.43 bits per heavy atom. The van der Waals surface area contributed by atoms with E-state index in [1.807, 2.05) is 19.9 Å². The predicted molar refractivity (Wildman–Crippen MR) is 84.1 cm³/mol. The normalized spacial score (nSPS) is 11.2. The molecule has 0 aliphatic heterocycles. The van der Waals surface area contributed by atoms with Crippen molar-refractivity contribution >= 4 is 21.4 Å². The van der Waals surface area contributed by atoms with E-state index < -0.39 is 10.0 Å². The zero-order chi connectivity index (χ0) is 15.6. The van der Waals surface area contributed by atoms with Gasteiger partial charge in [-0.15, -0.1) is 0 Å². The molecule has 0 aromatic heterocycles. The van der Waals surface area contributed by atoms with Gasteiger partial charge in [0.15, 0.2) is 0 Å². The van der Waals surface area contributed by atoms with Crippen LogP contribution in [0.25, 0.3) is 0 Å². The molecule has 2 aromatic carbocycles. The summed E-state index contributed by atoms with van der Waals surface area (Å²) in [4.78, 5) is 0.120. The molecule has 2 aromatic rings. The van der Waals surface area contributed by atoms with Gasteiger partial charge in [-0.2, -0.15) is 0 Å². The first-order valence-electron chi connectivity index (χ1n) is 6.37. The van der Waals surface area contributed by atoms with Crippen LogP contribution in [0.5, 0.6) is 5.75 Å². The molecule has 6 heteroatoms. The number of aryl methyl sites for hydroxylation is 2. The van der Waals surface area contributed by atoms with Gasteiger partial charge in [-0.1, -0.05) is 12.1 Å². The Balaban J connectivity index is 2.41. The molecular weight excluding hydrogens is 288 g/mol. The van der Waals surface area contributed by atoms with Crippen molar-refractivity contribution in [3.63, 3.8) is 0 Å². The standard InChI is InChI=1S/C15H18N2O3S/c1-10-4-7-15(20-3)14(8-10)17-21(18,19)12-6-5-11(2)13(16)9-12/h4-9,17H,16H2,1-3H3. The lowest BCUT2D eigenvalue weighted by Crippen LogP contribution is -2.14. The first-order chi connectivity index (χ1) is 9.83. The second kappa shape index (κ2) is 5.65. The van der Waals surface area contributed by atoms with Crippen molar-refractivity contribution in [2.24, 2.45) is 0 Å². The van der Waals surface area contributed by atoms with Crippen LogP contribution in [0.2, 0.25) is 0 Å². The van der Waals surface area contributed by atoms with Crippen LogP contribution in [0.3, 0.4) is 0 Å². The van der Waals surface area contributed by atoms with E-state index in [0.717, 1.165) is 11.1 Å². The van der Waals surface area contributed by atoms with E-state index >= 15 is 0 Å². The van der Waals surface area contributed by atoms with Crippen LogP contribution in [0.15, 0.2) is 41.3 Å². The number of methoxy groups -OCH3 is 1.